The highest BCUT2D eigenvalue weighted by Crippen LogP contribution is 2.03. The summed E-state index contributed by atoms with van der Waals surface area (Å²) in [7, 11) is 1.90. The van der Waals surface area contributed by atoms with Crippen LogP contribution >= 0.6 is 0 Å². The molecule has 0 saturated carbocycles. The number of hydrogen-bond acceptors (Lipinski definition) is 2. The van der Waals surface area contributed by atoms with E-state index in [0.29, 0.717) is 0 Å². The Morgan fingerprint density at radius 2 is 1.92 bits per heavy atom. The van der Waals surface area contributed by atoms with Gasteiger partial charge in [-0.2, -0.15) is 0 Å². The average molecular weight is 165 g/mol. The minimum absolute atomic E-state index is 0.384. The van der Waals surface area contributed by atoms with E-state index in [0.717, 1.165) is 6.54 Å². The van der Waals surface area contributed by atoms with Crippen LogP contribution in [0.4, 0.5) is 0 Å². The van der Waals surface area contributed by atoms with Crippen LogP contribution in [0.2, 0.25) is 0 Å². The minimum Gasteiger partial charge on any atom is -0.379 e. The first-order chi connectivity index (χ1) is 5.70. The molecular weight excluding hydrogens is 150 g/mol. The van der Waals surface area contributed by atoms with Gasteiger partial charge in [0, 0.05) is 6.54 Å². The zero-order chi connectivity index (χ0) is 8.97. The van der Waals surface area contributed by atoms with E-state index in [1.54, 1.807) is 6.92 Å². The molecule has 66 valence electrons. The van der Waals surface area contributed by atoms with Crippen LogP contribution in [0.1, 0.15) is 12.5 Å². The van der Waals surface area contributed by atoms with Crippen LogP contribution in [0, 0.1) is 0 Å². The summed E-state index contributed by atoms with van der Waals surface area (Å²) in [6.07, 6.45) is -0.384. The van der Waals surface area contributed by atoms with Crippen molar-refractivity contribution < 1.29 is 5.11 Å². The van der Waals surface area contributed by atoms with Gasteiger partial charge in [-0.25, -0.2) is 0 Å². The first kappa shape index (κ1) is 9.23. The third kappa shape index (κ3) is 2.64. The molecule has 1 N–H and O–H groups in total. The van der Waals surface area contributed by atoms with Gasteiger partial charge in [-0.1, -0.05) is 30.3 Å². The van der Waals surface area contributed by atoms with Crippen molar-refractivity contribution in [3.63, 3.8) is 0 Å². The first-order valence-electron chi connectivity index (χ1n) is 4.12. The lowest BCUT2D eigenvalue weighted by atomic mass is 10.2. The molecule has 0 aliphatic rings. The number of rotatable bonds is 3. The van der Waals surface area contributed by atoms with Crippen molar-refractivity contribution in [3.05, 3.63) is 35.9 Å². The lowest BCUT2D eigenvalue weighted by molar-refractivity contribution is 0.0329. The van der Waals surface area contributed by atoms with Crippen LogP contribution < -0.4 is 0 Å². The second kappa shape index (κ2) is 4.24. The second-order valence-electron chi connectivity index (χ2n) is 3.03. The molecule has 1 atom stereocenters. The highest BCUT2D eigenvalue weighted by Gasteiger charge is 2.03. The summed E-state index contributed by atoms with van der Waals surface area (Å²) >= 11 is 0. The summed E-state index contributed by atoms with van der Waals surface area (Å²) in [5, 5.41) is 9.21. The van der Waals surface area contributed by atoms with Gasteiger partial charge in [-0.05, 0) is 19.5 Å². The molecule has 0 spiro atoms. The number of aliphatic hydroxyl groups excluding tert-OH is 1. The van der Waals surface area contributed by atoms with E-state index in [2.05, 4.69) is 12.1 Å². The van der Waals surface area contributed by atoms with E-state index in [-0.39, 0.29) is 6.23 Å². The summed E-state index contributed by atoms with van der Waals surface area (Å²) in [6, 6.07) is 10.1. The summed E-state index contributed by atoms with van der Waals surface area (Å²) in [4.78, 5) is 1.88. The van der Waals surface area contributed by atoms with Crippen molar-refractivity contribution >= 4 is 0 Å². The van der Waals surface area contributed by atoms with Gasteiger partial charge in [-0.15, -0.1) is 0 Å². The number of nitrogens with zero attached hydrogens (tertiary/aromatic N) is 1. The van der Waals surface area contributed by atoms with Gasteiger partial charge >= 0.3 is 0 Å². The van der Waals surface area contributed by atoms with Crippen LogP contribution in [-0.4, -0.2) is 23.3 Å². The summed E-state index contributed by atoms with van der Waals surface area (Å²) < 4.78 is 0. The SMILES string of the molecule is CC(O)N(C)Cc1ccccc1. The van der Waals surface area contributed by atoms with Crippen molar-refractivity contribution in [3.8, 4) is 0 Å². The molecule has 0 bridgehead atoms. The van der Waals surface area contributed by atoms with Crippen molar-refractivity contribution in [1.29, 1.82) is 0 Å². The maximum atomic E-state index is 9.21. The Morgan fingerprint density at radius 3 is 2.42 bits per heavy atom. The van der Waals surface area contributed by atoms with Gasteiger partial charge in [0.25, 0.3) is 0 Å². The van der Waals surface area contributed by atoms with Gasteiger partial charge in [0.2, 0.25) is 0 Å². The second-order valence-corrected chi connectivity index (χ2v) is 3.03. The first-order valence-corrected chi connectivity index (χ1v) is 4.12. The molecule has 0 aromatic heterocycles. The third-order valence-electron chi connectivity index (χ3n) is 1.91. The van der Waals surface area contributed by atoms with E-state index in [9.17, 15) is 5.11 Å². The molecule has 1 aromatic rings. The molecule has 1 rings (SSSR count). The number of hydrogen-bond donors (Lipinski definition) is 1. The van der Waals surface area contributed by atoms with Gasteiger partial charge in [0.05, 0.1) is 0 Å². The van der Waals surface area contributed by atoms with Crippen molar-refractivity contribution in [1.82, 2.24) is 4.90 Å². The zero-order valence-electron chi connectivity index (χ0n) is 7.57. The van der Waals surface area contributed by atoms with Gasteiger partial charge in [0.15, 0.2) is 0 Å². The Balaban J connectivity index is 2.53. The summed E-state index contributed by atoms with van der Waals surface area (Å²) in [5.74, 6) is 0. The lowest BCUT2D eigenvalue weighted by Crippen LogP contribution is -2.27. The molecule has 0 aliphatic heterocycles. The van der Waals surface area contributed by atoms with Crippen molar-refractivity contribution in [2.45, 2.75) is 19.7 Å². The molecule has 1 unspecified atom stereocenters. The van der Waals surface area contributed by atoms with Gasteiger partial charge in [0.1, 0.15) is 6.23 Å². The van der Waals surface area contributed by atoms with E-state index in [4.69, 9.17) is 0 Å². The van der Waals surface area contributed by atoms with E-state index in [1.165, 1.54) is 5.56 Å². The van der Waals surface area contributed by atoms with Crippen LogP contribution in [0.3, 0.4) is 0 Å². The normalized spacial score (nSPS) is 13.3. The molecule has 0 radical (unpaired) electrons. The number of benzene rings is 1. The summed E-state index contributed by atoms with van der Waals surface area (Å²) in [6.45, 7) is 2.56. The van der Waals surface area contributed by atoms with Crippen LogP contribution in [0.25, 0.3) is 0 Å². The standard InChI is InChI=1S/C10H15NO/c1-9(12)11(2)8-10-6-4-3-5-7-10/h3-7,9,12H,8H2,1-2H3. The molecule has 2 heteroatoms. The Kier molecular flexibility index (Phi) is 3.26. The molecule has 2 nitrogen and oxygen atoms in total. The van der Waals surface area contributed by atoms with E-state index >= 15 is 0 Å². The quantitative estimate of drug-likeness (QED) is 0.685. The molecule has 0 saturated heterocycles. The Labute approximate surface area is 73.4 Å². The fraction of sp³-hybridized carbons (Fsp3) is 0.400. The fourth-order valence-electron chi connectivity index (χ4n) is 1.00. The highest BCUT2D eigenvalue weighted by atomic mass is 16.3. The van der Waals surface area contributed by atoms with E-state index in [1.807, 2.05) is 30.1 Å². The molecule has 0 amide bonds. The highest BCUT2D eigenvalue weighted by molar-refractivity contribution is 5.14. The molecule has 0 aliphatic carbocycles. The van der Waals surface area contributed by atoms with Gasteiger partial charge in [-0.3, -0.25) is 4.90 Å². The minimum atomic E-state index is -0.384. The molecule has 0 fully saturated rings. The average Bonchev–Trinajstić information content (AvgIpc) is 2.06. The molecule has 12 heavy (non-hydrogen) atoms. The lowest BCUT2D eigenvalue weighted by Gasteiger charge is -2.19. The zero-order valence-corrected chi connectivity index (χ0v) is 7.57. The maximum absolute atomic E-state index is 9.21. The Bertz CT molecular complexity index is 221. The molecular formula is C10H15NO. The van der Waals surface area contributed by atoms with Crippen molar-refractivity contribution in [2.24, 2.45) is 0 Å². The predicted octanol–water partition coefficient (Wildman–Crippen LogP) is 1.46. The topological polar surface area (TPSA) is 23.5 Å². The van der Waals surface area contributed by atoms with Gasteiger partial charge < -0.3 is 5.11 Å². The number of aliphatic hydroxyl groups is 1. The molecule has 0 heterocycles. The van der Waals surface area contributed by atoms with Crippen molar-refractivity contribution in [2.75, 3.05) is 7.05 Å². The largest absolute Gasteiger partial charge is 0.379 e. The van der Waals surface area contributed by atoms with E-state index < -0.39 is 0 Å². The fourth-order valence-corrected chi connectivity index (χ4v) is 1.00. The molecule has 1 aromatic carbocycles. The summed E-state index contributed by atoms with van der Waals surface area (Å²) in [5.41, 5.74) is 1.22. The maximum Gasteiger partial charge on any atom is 0.104 e. The smallest absolute Gasteiger partial charge is 0.104 e. The Hall–Kier alpha value is -0.860. The Morgan fingerprint density at radius 1 is 1.33 bits per heavy atom. The van der Waals surface area contributed by atoms with Crippen LogP contribution in [0.5, 0.6) is 0 Å². The predicted molar refractivity (Wildman–Crippen MR) is 49.6 cm³/mol. The monoisotopic (exact) mass is 165 g/mol. The van der Waals surface area contributed by atoms with Crippen LogP contribution in [0.15, 0.2) is 30.3 Å². The van der Waals surface area contributed by atoms with Crippen LogP contribution in [-0.2, 0) is 6.54 Å². The third-order valence-corrected chi connectivity index (χ3v) is 1.91.